The number of aromatic nitrogens is 3. The lowest BCUT2D eigenvalue weighted by Gasteiger charge is -2.14. The predicted octanol–water partition coefficient (Wildman–Crippen LogP) is 4.57. The topological polar surface area (TPSA) is 69.0 Å². The summed E-state index contributed by atoms with van der Waals surface area (Å²) in [7, 11) is 3.44. The van der Waals surface area contributed by atoms with Crippen molar-refractivity contribution >= 4 is 35.0 Å². The van der Waals surface area contributed by atoms with Crippen LogP contribution >= 0.6 is 23.4 Å². The molecule has 28 heavy (non-hydrogen) atoms. The van der Waals surface area contributed by atoms with E-state index >= 15 is 0 Å². The van der Waals surface area contributed by atoms with E-state index in [0.29, 0.717) is 21.6 Å². The van der Waals surface area contributed by atoms with Crippen molar-refractivity contribution in [2.24, 2.45) is 7.05 Å². The second-order valence-corrected chi connectivity index (χ2v) is 8.07. The van der Waals surface area contributed by atoms with Crippen molar-refractivity contribution in [1.82, 2.24) is 14.8 Å². The summed E-state index contributed by atoms with van der Waals surface area (Å²) in [5.74, 6) is 1.13. The molecule has 0 bridgehead atoms. The van der Waals surface area contributed by atoms with Crippen molar-refractivity contribution < 1.29 is 9.53 Å². The number of hydrogen-bond acceptors (Lipinski definition) is 5. The highest BCUT2D eigenvalue weighted by atomic mass is 35.5. The minimum Gasteiger partial charge on any atom is -0.495 e. The van der Waals surface area contributed by atoms with E-state index in [9.17, 15) is 4.79 Å². The normalized spacial score (nSPS) is 11.9. The number of rotatable bonds is 6. The zero-order chi connectivity index (χ0) is 20.3. The molecule has 1 amide bonds. The number of amides is 1. The Labute approximate surface area is 173 Å². The highest BCUT2D eigenvalue weighted by Gasteiger charge is 2.20. The zero-order valence-corrected chi connectivity index (χ0v) is 17.6. The van der Waals surface area contributed by atoms with Crippen LogP contribution in [0.1, 0.15) is 12.5 Å². The highest BCUT2D eigenvalue weighted by molar-refractivity contribution is 8.00. The van der Waals surface area contributed by atoms with Crippen molar-refractivity contribution in [2.75, 3.05) is 12.4 Å². The number of halogens is 1. The molecule has 1 aromatic heterocycles. The largest absolute Gasteiger partial charge is 0.495 e. The Bertz CT molecular complexity index is 988. The lowest BCUT2D eigenvalue weighted by molar-refractivity contribution is -0.115. The fourth-order valence-corrected chi connectivity index (χ4v) is 3.58. The van der Waals surface area contributed by atoms with Gasteiger partial charge >= 0.3 is 0 Å². The highest BCUT2D eigenvalue weighted by Crippen LogP contribution is 2.30. The van der Waals surface area contributed by atoms with Crippen LogP contribution in [-0.2, 0) is 11.8 Å². The van der Waals surface area contributed by atoms with Gasteiger partial charge in [0.15, 0.2) is 11.0 Å². The number of ether oxygens (including phenoxy) is 1. The molecule has 3 aromatic rings. The van der Waals surface area contributed by atoms with E-state index in [1.165, 1.54) is 17.3 Å². The summed E-state index contributed by atoms with van der Waals surface area (Å²) in [5.41, 5.74) is 2.70. The maximum atomic E-state index is 12.6. The molecule has 0 spiro atoms. The van der Waals surface area contributed by atoms with Crippen LogP contribution in [0.4, 0.5) is 5.69 Å². The molecule has 1 N–H and O–H groups in total. The van der Waals surface area contributed by atoms with Gasteiger partial charge in [0.25, 0.3) is 0 Å². The van der Waals surface area contributed by atoms with Crippen LogP contribution in [0.25, 0.3) is 11.4 Å². The monoisotopic (exact) mass is 416 g/mol. The SMILES string of the molecule is COc1ccc(Cl)cc1NC(=O)C(C)Sc1nnc(-c2ccc(C)cc2)n1C. The van der Waals surface area contributed by atoms with Gasteiger partial charge in [-0.2, -0.15) is 0 Å². The third kappa shape index (κ3) is 4.48. The molecule has 2 aromatic carbocycles. The fourth-order valence-electron chi connectivity index (χ4n) is 2.60. The van der Waals surface area contributed by atoms with Gasteiger partial charge in [0, 0.05) is 17.6 Å². The molecule has 146 valence electrons. The van der Waals surface area contributed by atoms with E-state index in [1.807, 2.05) is 49.7 Å². The first-order chi connectivity index (χ1) is 13.4. The Balaban J connectivity index is 1.73. The molecular formula is C20H21ClN4O2S. The van der Waals surface area contributed by atoms with Gasteiger partial charge < -0.3 is 14.6 Å². The number of methoxy groups -OCH3 is 1. The van der Waals surface area contributed by atoms with Crippen LogP contribution in [0.2, 0.25) is 5.02 Å². The Kier molecular flexibility index (Phi) is 6.26. The molecule has 1 unspecified atom stereocenters. The van der Waals surface area contributed by atoms with Crippen LogP contribution in [-0.4, -0.2) is 33.0 Å². The van der Waals surface area contributed by atoms with Crippen LogP contribution in [0, 0.1) is 6.92 Å². The second-order valence-electron chi connectivity index (χ2n) is 6.33. The summed E-state index contributed by atoms with van der Waals surface area (Å²) in [6.45, 7) is 3.86. The Morgan fingerprint density at radius 1 is 1.21 bits per heavy atom. The van der Waals surface area contributed by atoms with Gasteiger partial charge in [-0.15, -0.1) is 10.2 Å². The van der Waals surface area contributed by atoms with E-state index in [1.54, 1.807) is 25.3 Å². The minimum absolute atomic E-state index is 0.176. The summed E-state index contributed by atoms with van der Waals surface area (Å²) in [4.78, 5) is 12.6. The number of carbonyl (C=O) groups excluding carboxylic acids is 1. The molecule has 6 nitrogen and oxygen atoms in total. The predicted molar refractivity (Wildman–Crippen MR) is 113 cm³/mol. The standard InChI is InChI=1S/C20H21ClN4O2S/c1-12-5-7-14(8-6-12)18-23-24-20(25(18)3)28-13(2)19(26)22-16-11-15(21)9-10-17(16)27-4/h5-11,13H,1-4H3,(H,22,26). The minimum atomic E-state index is -0.391. The quantitative estimate of drug-likeness (QED) is 0.596. The third-order valence-electron chi connectivity index (χ3n) is 4.22. The fraction of sp³-hybridized carbons (Fsp3) is 0.250. The van der Waals surface area contributed by atoms with Crippen molar-refractivity contribution in [1.29, 1.82) is 0 Å². The summed E-state index contributed by atoms with van der Waals surface area (Å²) in [6.07, 6.45) is 0. The first kappa shape index (κ1) is 20.2. The molecule has 0 radical (unpaired) electrons. The number of nitrogens with one attached hydrogen (secondary N) is 1. The van der Waals surface area contributed by atoms with Gasteiger partial charge in [0.05, 0.1) is 18.0 Å². The number of nitrogens with zero attached hydrogens (tertiary/aromatic N) is 3. The van der Waals surface area contributed by atoms with E-state index in [4.69, 9.17) is 16.3 Å². The summed E-state index contributed by atoms with van der Waals surface area (Å²) in [6, 6.07) is 13.2. The maximum Gasteiger partial charge on any atom is 0.237 e. The van der Waals surface area contributed by atoms with E-state index < -0.39 is 5.25 Å². The second kappa shape index (κ2) is 8.67. The number of benzene rings is 2. The molecule has 0 aliphatic heterocycles. The van der Waals surface area contributed by atoms with E-state index in [-0.39, 0.29) is 5.91 Å². The Morgan fingerprint density at radius 3 is 2.61 bits per heavy atom. The lowest BCUT2D eigenvalue weighted by atomic mass is 10.1. The molecule has 0 saturated carbocycles. The van der Waals surface area contributed by atoms with Crippen LogP contribution in [0.5, 0.6) is 5.75 Å². The van der Waals surface area contributed by atoms with Gasteiger partial charge in [-0.05, 0) is 32.0 Å². The molecule has 8 heteroatoms. The van der Waals surface area contributed by atoms with Gasteiger partial charge in [-0.3, -0.25) is 4.79 Å². The number of thioether (sulfide) groups is 1. The zero-order valence-electron chi connectivity index (χ0n) is 16.1. The van der Waals surface area contributed by atoms with Crippen LogP contribution < -0.4 is 10.1 Å². The van der Waals surface area contributed by atoms with Gasteiger partial charge in [-0.25, -0.2) is 0 Å². The average molecular weight is 417 g/mol. The number of aryl methyl sites for hydroxylation is 1. The molecule has 0 aliphatic carbocycles. The molecule has 0 aliphatic rings. The van der Waals surface area contributed by atoms with Crippen molar-refractivity contribution in [3.63, 3.8) is 0 Å². The molecule has 0 fully saturated rings. The van der Waals surface area contributed by atoms with Gasteiger partial charge in [0.1, 0.15) is 5.75 Å². The first-order valence-corrected chi connectivity index (χ1v) is 9.92. The van der Waals surface area contributed by atoms with Gasteiger partial charge in [-0.1, -0.05) is 53.2 Å². The molecule has 3 rings (SSSR count). The van der Waals surface area contributed by atoms with Crippen molar-refractivity contribution in [2.45, 2.75) is 24.3 Å². The molecular weight excluding hydrogens is 396 g/mol. The van der Waals surface area contributed by atoms with E-state index in [2.05, 4.69) is 15.5 Å². The maximum absolute atomic E-state index is 12.6. The van der Waals surface area contributed by atoms with Crippen LogP contribution in [0.15, 0.2) is 47.6 Å². The molecule has 1 atom stereocenters. The number of hydrogen-bond donors (Lipinski definition) is 1. The third-order valence-corrected chi connectivity index (χ3v) is 5.58. The summed E-state index contributed by atoms with van der Waals surface area (Å²) in [5, 5.41) is 12.2. The number of carbonyl (C=O) groups is 1. The average Bonchev–Trinajstić information content (AvgIpc) is 3.03. The van der Waals surface area contributed by atoms with Crippen LogP contribution in [0.3, 0.4) is 0 Å². The van der Waals surface area contributed by atoms with E-state index in [0.717, 1.165) is 11.4 Å². The van der Waals surface area contributed by atoms with Crippen molar-refractivity contribution in [3.8, 4) is 17.1 Å². The Morgan fingerprint density at radius 2 is 1.93 bits per heavy atom. The summed E-state index contributed by atoms with van der Waals surface area (Å²) < 4.78 is 7.16. The first-order valence-electron chi connectivity index (χ1n) is 8.66. The van der Waals surface area contributed by atoms with Gasteiger partial charge in [0.2, 0.25) is 5.91 Å². The smallest absolute Gasteiger partial charge is 0.237 e. The van der Waals surface area contributed by atoms with Crippen molar-refractivity contribution in [3.05, 3.63) is 53.1 Å². The molecule has 0 saturated heterocycles. The molecule has 1 heterocycles. The summed E-state index contributed by atoms with van der Waals surface area (Å²) >= 11 is 7.36. The lowest BCUT2D eigenvalue weighted by Crippen LogP contribution is -2.23. The number of anilines is 1. The Hall–Kier alpha value is -2.51.